The van der Waals surface area contributed by atoms with Gasteiger partial charge in [-0.15, -0.1) is 0 Å². The molecule has 0 aliphatic heterocycles. The van der Waals surface area contributed by atoms with Crippen molar-refractivity contribution < 1.29 is 0 Å². The van der Waals surface area contributed by atoms with Crippen LogP contribution in [0.15, 0.2) is 18.2 Å². The fourth-order valence-electron chi connectivity index (χ4n) is 3.13. The van der Waals surface area contributed by atoms with Crippen LogP contribution in [-0.4, -0.2) is 0 Å². The second kappa shape index (κ2) is 7.64. The maximum Gasteiger partial charge on any atom is 0.0398 e. The molecule has 0 bridgehead atoms. The van der Waals surface area contributed by atoms with Gasteiger partial charge in [-0.2, -0.15) is 0 Å². The van der Waals surface area contributed by atoms with Crippen LogP contribution in [0.3, 0.4) is 0 Å². The summed E-state index contributed by atoms with van der Waals surface area (Å²) >= 11 is 3.90. The van der Waals surface area contributed by atoms with E-state index in [9.17, 15) is 0 Å². The van der Waals surface area contributed by atoms with Crippen LogP contribution in [0, 0.1) is 11.3 Å². The van der Waals surface area contributed by atoms with Crippen LogP contribution in [0.2, 0.25) is 0 Å². The summed E-state index contributed by atoms with van der Waals surface area (Å²) in [5, 5.41) is 0. The third-order valence-corrected chi connectivity index (χ3v) is 4.83. The van der Waals surface area contributed by atoms with Gasteiger partial charge < -0.3 is 0 Å². The summed E-state index contributed by atoms with van der Waals surface area (Å²) in [4.78, 5) is 0.482. The van der Waals surface area contributed by atoms with Gasteiger partial charge in [-0.05, 0) is 53.7 Å². The van der Waals surface area contributed by atoms with E-state index in [1.165, 1.54) is 29.5 Å². The number of hydrogen-bond donors (Lipinski definition) is 0. The van der Waals surface area contributed by atoms with Gasteiger partial charge in [0.15, 0.2) is 0 Å². The van der Waals surface area contributed by atoms with E-state index in [-0.39, 0.29) is 0 Å². The Morgan fingerprint density at radius 2 is 1.65 bits per heavy atom. The maximum atomic E-state index is 3.90. The summed E-state index contributed by atoms with van der Waals surface area (Å²) in [6.07, 6.45) is 4.76. The van der Waals surface area contributed by atoms with Crippen LogP contribution in [0.4, 0.5) is 0 Å². The molecule has 0 nitrogen and oxygen atoms in total. The predicted octanol–water partition coefficient (Wildman–Crippen LogP) is 6.71. The molecule has 0 aromatic heterocycles. The monoisotopic (exact) mass is 338 g/mol. The zero-order valence-corrected chi connectivity index (χ0v) is 15.7. The predicted molar refractivity (Wildman–Crippen MR) is 94.7 cm³/mol. The molecule has 20 heavy (non-hydrogen) atoms. The first-order valence-corrected chi connectivity index (χ1v) is 8.94. The molecule has 0 aliphatic rings. The third kappa shape index (κ3) is 5.60. The molecule has 2 atom stereocenters. The summed E-state index contributed by atoms with van der Waals surface area (Å²) in [6.45, 7) is 13.9. The molecule has 0 fully saturated rings. The van der Waals surface area contributed by atoms with Crippen LogP contribution in [-0.2, 0) is 12.8 Å². The smallest absolute Gasteiger partial charge is 0.0398 e. The number of halogens is 1. The van der Waals surface area contributed by atoms with Gasteiger partial charge in [0.2, 0.25) is 0 Å². The standard InChI is InChI=1S/C19H31Br/c1-7-15-9-10-17(12-16(15)8-2)18(20)11-14(3)13-19(4,5)6/h9-10,12,14,18H,7-8,11,13H2,1-6H3. The van der Waals surface area contributed by atoms with Gasteiger partial charge in [-0.1, -0.05) is 75.7 Å². The van der Waals surface area contributed by atoms with E-state index in [0.29, 0.717) is 10.2 Å². The Morgan fingerprint density at radius 3 is 2.15 bits per heavy atom. The second-order valence-corrected chi connectivity index (χ2v) is 8.41. The van der Waals surface area contributed by atoms with E-state index in [1.54, 1.807) is 0 Å². The summed E-state index contributed by atoms with van der Waals surface area (Å²) in [5.41, 5.74) is 4.88. The molecule has 1 rings (SSSR count). The van der Waals surface area contributed by atoms with E-state index >= 15 is 0 Å². The largest absolute Gasteiger partial charge is 0.0839 e. The second-order valence-electron chi connectivity index (χ2n) is 7.31. The Balaban J connectivity index is 2.74. The molecule has 1 aromatic rings. The van der Waals surface area contributed by atoms with E-state index < -0.39 is 0 Å². The molecule has 0 N–H and O–H groups in total. The molecule has 0 amide bonds. The van der Waals surface area contributed by atoms with Crippen molar-refractivity contribution in [2.45, 2.75) is 72.1 Å². The summed E-state index contributed by atoms with van der Waals surface area (Å²) in [5.74, 6) is 0.746. The van der Waals surface area contributed by atoms with E-state index in [2.05, 4.69) is 75.7 Å². The average molecular weight is 339 g/mol. The highest BCUT2D eigenvalue weighted by Crippen LogP contribution is 2.35. The number of alkyl halides is 1. The molecule has 0 saturated carbocycles. The van der Waals surface area contributed by atoms with Crippen LogP contribution in [0.5, 0.6) is 0 Å². The van der Waals surface area contributed by atoms with Crippen molar-refractivity contribution in [2.24, 2.45) is 11.3 Å². The van der Waals surface area contributed by atoms with E-state index in [0.717, 1.165) is 18.8 Å². The SMILES string of the molecule is CCc1ccc(C(Br)CC(C)CC(C)(C)C)cc1CC. The summed E-state index contributed by atoms with van der Waals surface area (Å²) < 4.78 is 0. The molecule has 2 unspecified atom stereocenters. The highest BCUT2D eigenvalue weighted by atomic mass is 79.9. The van der Waals surface area contributed by atoms with Gasteiger partial charge in [0, 0.05) is 4.83 Å². The van der Waals surface area contributed by atoms with Crippen molar-refractivity contribution in [3.63, 3.8) is 0 Å². The van der Waals surface area contributed by atoms with Crippen molar-refractivity contribution in [1.29, 1.82) is 0 Å². The van der Waals surface area contributed by atoms with Crippen molar-refractivity contribution in [1.82, 2.24) is 0 Å². The first-order chi connectivity index (χ1) is 9.26. The molecule has 114 valence electrons. The van der Waals surface area contributed by atoms with Crippen LogP contribution in [0.1, 0.15) is 75.9 Å². The molecular weight excluding hydrogens is 308 g/mol. The number of hydrogen-bond acceptors (Lipinski definition) is 0. The highest BCUT2D eigenvalue weighted by molar-refractivity contribution is 9.09. The lowest BCUT2D eigenvalue weighted by Crippen LogP contribution is -2.12. The van der Waals surface area contributed by atoms with Crippen LogP contribution < -0.4 is 0 Å². The molecule has 0 aliphatic carbocycles. The van der Waals surface area contributed by atoms with Crippen molar-refractivity contribution in [2.75, 3.05) is 0 Å². The Kier molecular flexibility index (Phi) is 6.78. The minimum Gasteiger partial charge on any atom is -0.0839 e. The van der Waals surface area contributed by atoms with E-state index in [1.807, 2.05) is 0 Å². The number of aryl methyl sites for hydroxylation is 2. The quantitative estimate of drug-likeness (QED) is 0.505. The molecule has 0 saturated heterocycles. The molecule has 1 aromatic carbocycles. The topological polar surface area (TPSA) is 0 Å². The molecule has 0 radical (unpaired) electrons. The summed E-state index contributed by atoms with van der Waals surface area (Å²) in [6, 6.07) is 7.03. The average Bonchev–Trinajstić information content (AvgIpc) is 2.35. The first-order valence-electron chi connectivity index (χ1n) is 8.02. The Bertz CT molecular complexity index is 414. The first kappa shape index (κ1) is 17.8. The fourth-order valence-corrected chi connectivity index (χ4v) is 4.06. The number of rotatable bonds is 6. The van der Waals surface area contributed by atoms with Gasteiger partial charge in [0.25, 0.3) is 0 Å². The van der Waals surface area contributed by atoms with E-state index in [4.69, 9.17) is 0 Å². The zero-order valence-electron chi connectivity index (χ0n) is 14.1. The lowest BCUT2D eigenvalue weighted by Gasteiger charge is -2.25. The Morgan fingerprint density at radius 1 is 1.05 bits per heavy atom. The molecular formula is C19H31Br. The van der Waals surface area contributed by atoms with Crippen molar-refractivity contribution in [3.8, 4) is 0 Å². The van der Waals surface area contributed by atoms with Crippen LogP contribution >= 0.6 is 15.9 Å². The zero-order chi connectivity index (χ0) is 15.3. The molecule has 0 heterocycles. The van der Waals surface area contributed by atoms with Gasteiger partial charge in [0.1, 0.15) is 0 Å². The van der Waals surface area contributed by atoms with Gasteiger partial charge in [-0.25, -0.2) is 0 Å². The van der Waals surface area contributed by atoms with Crippen molar-refractivity contribution in [3.05, 3.63) is 34.9 Å². The lowest BCUT2D eigenvalue weighted by molar-refractivity contribution is 0.296. The normalized spacial score (nSPS) is 15.2. The Labute approximate surface area is 134 Å². The van der Waals surface area contributed by atoms with Gasteiger partial charge in [0.05, 0.1) is 0 Å². The lowest BCUT2D eigenvalue weighted by atomic mass is 9.83. The minimum atomic E-state index is 0.423. The van der Waals surface area contributed by atoms with Gasteiger partial charge >= 0.3 is 0 Å². The maximum absolute atomic E-state index is 3.90. The summed E-state index contributed by atoms with van der Waals surface area (Å²) in [7, 11) is 0. The highest BCUT2D eigenvalue weighted by Gasteiger charge is 2.19. The molecule has 0 spiro atoms. The molecule has 1 heteroatoms. The Hall–Kier alpha value is -0.300. The number of benzene rings is 1. The van der Waals surface area contributed by atoms with Crippen molar-refractivity contribution >= 4 is 15.9 Å². The minimum absolute atomic E-state index is 0.423. The van der Waals surface area contributed by atoms with Gasteiger partial charge in [-0.3, -0.25) is 0 Å². The van der Waals surface area contributed by atoms with Crippen LogP contribution in [0.25, 0.3) is 0 Å². The fraction of sp³-hybridized carbons (Fsp3) is 0.684. The third-order valence-electron chi connectivity index (χ3n) is 3.92.